The second-order valence-corrected chi connectivity index (χ2v) is 6.61. The van der Waals surface area contributed by atoms with Gasteiger partial charge in [0.25, 0.3) is 0 Å². The Balaban J connectivity index is 2.99. The summed E-state index contributed by atoms with van der Waals surface area (Å²) in [7, 11) is 0. The molecule has 1 aliphatic rings. The van der Waals surface area contributed by atoms with Gasteiger partial charge < -0.3 is 5.32 Å². The van der Waals surface area contributed by atoms with Gasteiger partial charge in [0.05, 0.1) is 0 Å². The van der Waals surface area contributed by atoms with Crippen molar-refractivity contribution in [2.24, 2.45) is 11.3 Å². The fourth-order valence-corrected chi connectivity index (χ4v) is 2.36. The first kappa shape index (κ1) is 16.7. The SMILES string of the molecule is CC(=O)N[C@@H]1CC/C(C)=C/CC(C)(C)/C=C/C(=O)[C@@H]1C. The van der Waals surface area contributed by atoms with E-state index in [2.05, 4.69) is 32.2 Å². The molecule has 1 N–H and O–H groups in total. The number of ketones is 1. The Morgan fingerprint density at radius 3 is 2.65 bits per heavy atom. The molecule has 0 heterocycles. The predicted molar refractivity (Wildman–Crippen MR) is 82.3 cm³/mol. The van der Waals surface area contributed by atoms with E-state index in [1.807, 2.05) is 13.0 Å². The number of carbonyl (C=O) groups excluding carboxylic acids is 2. The van der Waals surface area contributed by atoms with Gasteiger partial charge in [-0.1, -0.05) is 38.5 Å². The molecule has 0 aliphatic heterocycles. The van der Waals surface area contributed by atoms with Crippen LogP contribution in [0.25, 0.3) is 0 Å². The molecule has 0 aromatic heterocycles. The minimum absolute atomic E-state index is 0.00944. The van der Waals surface area contributed by atoms with Gasteiger partial charge in [0.2, 0.25) is 5.91 Å². The molecule has 0 aromatic carbocycles. The lowest BCUT2D eigenvalue weighted by Gasteiger charge is -2.23. The van der Waals surface area contributed by atoms with Crippen molar-refractivity contribution in [2.45, 2.75) is 59.9 Å². The van der Waals surface area contributed by atoms with Crippen molar-refractivity contribution >= 4 is 11.7 Å². The summed E-state index contributed by atoms with van der Waals surface area (Å²) in [5, 5.41) is 2.92. The lowest BCUT2D eigenvalue weighted by atomic mass is 9.87. The van der Waals surface area contributed by atoms with Crippen molar-refractivity contribution < 1.29 is 9.59 Å². The van der Waals surface area contributed by atoms with Gasteiger partial charge in [-0.15, -0.1) is 0 Å². The summed E-state index contributed by atoms with van der Waals surface area (Å²) in [6.45, 7) is 9.79. The Kier molecular flexibility index (Phi) is 5.73. The van der Waals surface area contributed by atoms with Crippen molar-refractivity contribution in [3.05, 3.63) is 23.8 Å². The number of nitrogens with one attached hydrogen (secondary N) is 1. The van der Waals surface area contributed by atoms with Crippen molar-refractivity contribution in [3.63, 3.8) is 0 Å². The van der Waals surface area contributed by atoms with E-state index >= 15 is 0 Å². The molecule has 0 aromatic rings. The molecule has 0 radical (unpaired) electrons. The highest BCUT2D eigenvalue weighted by Gasteiger charge is 2.24. The van der Waals surface area contributed by atoms with Gasteiger partial charge in [-0.25, -0.2) is 0 Å². The molecule has 0 bridgehead atoms. The minimum Gasteiger partial charge on any atom is -0.353 e. The second-order valence-electron chi connectivity index (χ2n) is 6.61. The van der Waals surface area contributed by atoms with Crippen LogP contribution in [0.5, 0.6) is 0 Å². The molecule has 1 rings (SSSR count). The summed E-state index contributed by atoms with van der Waals surface area (Å²) in [5.41, 5.74) is 1.31. The first-order chi connectivity index (χ1) is 9.21. The van der Waals surface area contributed by atoms with E-state index in [1.54, 1.807) is 6.08 Å². The van der Waals surface area contributed by atoms with Crippen LogP contribution in [-0.2, 0) is 9.59 Å². The summed E-state index contributed by atoms with van der Waals surface area (Å²) in [6, 6.07) is -0.0887. The molecule has 1 aliphatic carbocycles. The van der Waals surface area contributed by atoms with Crippen molar-refractivity contribution in [1.82, 2.24) is 5.32 Å². The largest absolute Gasteiger partial charge is 0.353 e. The average Bonchev–Trinajstić information content (AvgIpc) is 2.37. The van der Waals surface area contributed by atoms with E-state index in [1.165, 1.54) is 12.5 Å². The van der Waals surface area contributed by atoms with E-state index in [9.17, 15) is 9.59 Å². The molecule has 1 amide bonds. The van der Waals surface area contributed by atoms with E-state index in [0.29, 0.717) is 0 Å². The molecule has 0 unspecified atom stereocenters. The number of hydrogen-bond donors (Lipinski definition) is 1. The number of carbonyl (C=O) groups is 2. The maximum atomic E-state index is 12.3. The molecular weight excluding hydrogens is 250 g/mol. The quantitative estimate of drug-likeness (QED) is 0.747. The molecule has 20 heavy (non-hydrogen) atoms. The topological polar surface area (TPSA) is 46.2 Å². The highest BCUT2D eigenvalue weighted by atomic mass is 16.1. The lowest BCUT2D eigenvalue weighted by Crippen LogP contribution is -2.40. The number of amides is 1. The Bertz CT molecular complexity index is 432. The summed E-state index contributed by atoms with van der Waals surface area (Å²) < 4.78 is 0. The van der Waals surface area contributed by atoms with Crippen molar-refractivity contribution in [2.75, 3.05) is 0 Å². The zero-order chi connectivity index (χ0) is 15.3. The fraction of sp³-hybridized carbons (Fsp3) is 0.647. The molecule has 3 nitrogen and oxygen atoms in total. The van der Waals surface area contributed by atoms with Crippen LogP contribution in [0.3, 0.4) is 0 Å². The first-order valence-electron chi connectivity index (χ1n) is 7.37. The van der Waals surface area contributed by atoms with Gasteiger partial charge >= 0.3 is 0 Å². The molecule has 2 atom stereocenters. The van der Waals surface area contributed by atoms with Crippen molar-refractivity contribution in [1.29, 1.82) is 0 Å². The molecular formula is C17H27NO2. The molecule has 0 fully saturated rings. The van der Waals surface area contributed by atoms with Crippen LogP contribution in [0.4, 0.5) is 0 Å². The molecule has 112 valence electrons. The fourth-order valence-electron chi connectivity index (χ4n) is 2.36. The van der Waals surface area contributed by atoms with Crippen LogP contribution >= 0.6 is 0 Å². The number of allylic oxidation sites excluding steroid dienone is 4. The van der Waals surface area contributed by atoms with Crippen LogP contribution in [0.1, 0.15) is 53.9 Å². The number of hydrogen-bond acceptors (Lipinski definition) is 2. The minimum atomic E-state index is -0.183. The van der Waals surface area contributed by atoms with Gasteiger partial charge in [-0.2, -0.15) is 0 Å². The van der Waals surface area contributed by atoms with Crippen LogP contribution in [0.2, 0.25) is 0 Å². The third-order valence-corrected chi connectivity index (χ3v) is 3.97. The van der Waals surface area contributed by atoms with Gasteiger partial charge in [0.1, 0.15) is 0 Å². The predicted octanol–water partition coefficient (Wildman–Crippen LogP) is 3.41. The van der Waals surface area contributed by atoms with E-state index in [0.717, 1.165) is 19.3 Å². The summed E-state index contributed by atoms with van der Waals surface area (Å²) in [4.78, 5) is 23.6. The van der Waals surface area contributed by atoms with E-state index in [4.69, 9.17) is 0 Å². The third-order valence-electron chi connectivity index (χ3n) is 3.97. The molecule has 0 spiro atoms. The smallest absolute Gasteiger partial charge is 0.217 e. The van der Waals surface area contributed by atoms with Crippen LogP contribution < -0.4 is 5.32 Å². The summed E-state index contributed by atoms with van der Waals surface area (Å²) >= 11 is 0. The summed E-state index contributed by atoms with van der Waals surface area (Å²) in [6.07, 6.45) is 8.58. The number of rotatable bonds is 1. The molecule has 0 saturated heterocycles. The van der Waals surface area contributed by atoms with Gasteiger partial charge in [0, 0.05) is 18.9 Å². The molecule has 3 heteroatoms. The zero-order valence-corrected chi connectivity index (χ0v) is 13.3. The maximum Gasteiger partial charge on any atom is 0.217 e. The Morgan fingerprint density at radius 2 is 2.05 bits per heavy atom. The van der Waals surface area contributed by atoms with E-state index < -0.39 is 0 Å². The van der Waals surface area contributed by atoms with E-state index in [-0.39, 0.29) is 29.1 Å². The van der Waals surface area contributed by atoms with Crippen LogP contribution in [0, 0.1) is 11.3 Å². The maximum absolute atomic E-state index is 12.3. The van der Waals surface area contributed by atoms with Crippen molar-refractivity contribution in [3.8, 4) is 0 Å². The van der Waals surface area contributed by atoms with Crippen LogP contribution in [0.15, 0.2) is 23.8 Å². The van der Waals surface area contributed by atoms with Gasteiger partial charge in [0.15, 0.2) is 5.78 Å². The third kappa shape index (κ3) is 5.32. The zero-order valence-electron chi connectivity index (χ0n) is 13.3. The Hall–Kier alpha value is -1.38. The molecule has 0 saturated carbocycles. The standard InChI is InChI=1S/C17H27NO2/c1-12-6-7-15(18-14(3)19)13(2)16(20)9-11-17(4,5)10-8-12/h8-9,11,13,15H,6-7,10H2,1-5H3,(H,18,19)/b11-9+,12-8+/t13-,15-/m1/s1. The van der Waals surface area contributed by atoms with Gasteiger partial charge in [-0.3, -0.25) is 9.59 Å². The first-order valence-corrected chi connectivity index (χ1v) is 7.37. The van der Waals surface area contributed by atoms with Gasteiger partial charge in [-0.05, 0) is 37.7 Å². The van der Waals surface area contributed by atoms with Crippen LogP contribution in [-0.4, -0.2) is 17.7 Å². The summed E-state index contributed by atoms with van der Waals surface area (Å²) in [5.74, 6) is -0.163. The monoisotopic (exact) mass is 277 g/mol. The second kappa shape index (κ2) is 6.87. The Morgan fingerprint density at radius 1 is 1.40 bits per heavy atom. The highest BCUT2D eigenvalue weighted by Crippen LogP contribution is 2.26. The normalized spacial score (nSPS) is 31.6. The highest BCUT2D eigenvalue weighted by molar-refractivity contribution is 5.92. The average molecular weight is 277 g/mol. The lowest BCUT2D eigenvalue weighted by molar-refractivity contribution is -0.122. The Labute approximate surface area is 122 Å².